The molecule has 2 amide bonds. The Balaban J connectivity index is 1.45. The van der Waals surface area contributed by atoms with Crippen LogP contribution in [-0.4, -0.2) is 60.7 Å². The van der Waals surface area contributed by atoms with Crippen LogP contribution in [0.2, 0.25) is 0 Å². The van der Waals surface area contributed by atoms with Crippen LogP contribution < -0.4 is 15.5 Å². The van der Waals surface area contributed by atoms with Crippen LogP contribution in [0.3, 0.4) is 0 Å². The van der Waals surface area contributed by atoms with E-state index in [-0.39, 0.29) is 18.2 Å². The topological polar surface area (TPSA) is 104 Å². The average Bonchev–Trinajstić information content (AvgIpc) is 3.17. The number of pyridine rings is 1. The van der Waals surface area contributed by atoms with Crippen LogP contribution in [-0.2, 0) is 9.47 Å². The molecule has 30 heavy (non-hydrogen) atoms. The quantitative estimate of drug-likeness (QED) is 0.577. The highest BCUT2D eigenvalue weighted by Gasteiger charge is 2.21. The van der Waals surface area contributed by atoms with Crippen molar-refractivity contribution >= 4 is 28.6 Å². The van der Waals surface area contributed by atoms with E-state index >= 15 is 0 Å². The molecule has 0 radical (unpaired) electrons. The molecule has 9 heteroatoms. The Morgan fingerprint density at radius 3 is 3.00 bits per heavy atom. The summed E-state index contributed by atoms with van der Waals surface area (Å²) < 4.78 is 10.9. The van der Waals surface area contributed by atoms with Crippen LogP contribution in [0.4, 0.5) is 16.4 Å². The van der Waals surface area contributed by atoms with E-state index in [0.29, 0.717) is 19.0 Å². The average molecular weight is 410 g/mol. The third kappa shape index (κ3) is 4.52. The van der Waals surface area contributed by atoms with E-state index in [1.807, 2.05) is 37.3 Å². The normalized spacial score (nSPS) is 17.7. The van der Waals surface area contributed by atoms with Gasteiger partial charge in [-0.3, -0.25) is 10.4 Å². The number of hydrogen-bond donors (Lipinski definition) is 3. The Labute approximate surface area is 174 Å². The monoisotopic (exact) mass is 410 g/mol. The number of aromatic amines is 1. The molecule has 9 nitrogen and oxygen atoms in total. The number of morpholine rings is 1. The number of ether oxygens (including phenoxy) is 2. The summed E-state index contributed by atoms with van der Waals surface area (Å²) in [6, 6.07) is 10.9. The van der Waals surface area contributed by atoms with Crippen molar-refractivity contribution in [3.63, 3.8) is 0 Å². The summed E-state index contributed by atoms with van der Waals surface area (Å²) in [5.41, 5.74) is 1.78. The molecule has 0 bridgehead atoms. The molecule has 1 fully saturated rings. The van der Waals surface area contributed by atoms with Crippen LogP contribution >= 0.6 is 0 Å². The molecule has 3 heterocycles. The van der Waals surface area contributed by atoms with E-state index < -0.39 is 0 Å². The van der Waals surface area contributed by atoms with Gasteiger partial charge in [0.1, 0.15) is 5.82 Å². The largest absolute Gasteiger partial charge is 0.382 e. The molecule has 2 unspecified atom stereocenters. The number of anilines is 2. The molecule has 1 aromatic carbocycles. The highest BCUT2D eigenvalue weighted by atomic mass is 16.5. The Morgan fingerprint density at radius 1 is 1.40 bits per heavy atom. The Hall–Kier alpha value is -3.17. The lowest BCUT2D eigenvalue weighted by molar-refractivity contribution is 0.0530. The Morgan fingerprint density at radius 2 is 2.23 bits per heavy atom. The number of methoxy groups -OCH3 is 1. The number of urea groups is 1. The second-order valence-corrected chi connectivity index (χ2v) is 7.31. The number of nitrogens with zero attached hydrogens (tertiary/aromatic N) is 3. The van der Waals surface area contributed by atoms with Crippen LogP contribution in [0, 0.1) is 0 Å². The zero-order valence-corrected chi connectivity index (χ0v) is 17.1. The van der Waals surface area contributed by atoms with Crippen LogP contribution in [0.5, 0.6) is 0 Å². The number of hydrogen-bond acceptors (Lipinski definition) is 6. The zero-order valence-electron chi connectivity index (χ0n) is 17.1. The van der Waals surface area contributed by atoms with Crippen molar-refractivity contribution in [2.24, 2.45) is 0 Å². The SMILES string of the molecule is COCC(NC(=O)Nc1cc2[nH]nc(N3CCOC(C)C3)c2cn1)c1ccccc1. The van der Waals surface area contributed by atoms with Gasteiger partial charge in [0.25, 0.3) is 0 Å². The highest BCUT2D eigenvalue weighted by molar-refractivity contribution is 5.94. The number of aromatic nitrogens is 3. The van der Waals surface area contributed by atoms with Gasteiger partial charge in [0, 0.05) is 32.5 Å². The summed E-state index contributed by atoms with van der Waals surface area (Å²) in [7, 11) is 1.61. The molecule has 4 rings (SSSR count). The summed E-state index contributed by atoms with van der Waals surface area (Å²) in [5.74, 6) is 1.29. The number of H-pyrrole nitrogens is 1. The second kappa shape index (κ2) is 9.10. The number of benzene rings is 1. The summed E-state index contributed by atoms with van der Waals surface area (Å²) in [6.07, 6.45) is 1.89. The van der Waals surface area contributed by atoms with Gasteiger partial charge in [0.2, 0.25) is 0 Å². The Bertz CT molecular complexity index is 993. The fourth-order valence-electron chi connectivity index (χ4n) is 3.60. The number of nitrogens with one attached hydrogen (secondary N) is 3. The molecule has 1 saturated heterocycles. The van der Waals surface area contributed by atoms with Gasteiger partial charge in [-0.05, 0) is 12.5 Å². The van der Waals surface area contributed by atoms with Gasteiger partial charge < -0.3 is 19.7 Å². The van der Waals surface area contributed by atoms with Crippen LogP contribution in [0.15, 0.2) is 42.6 Å². The van der Waals surface area contributed by atoms with Gasteiger partial charge in [-0.15, -0.1) is 0 Å². The Kier molecular flexibility index (Phi) is 6.10. The van der Waals surface area contributed by atoms with Crippen molar-refractivity contribution in [3.05, 3.63) is 48.2 Å². The van der Waals surface area contributed by atoms with Gasteiger partial charge >= 0.3 is 6.03 Å². The minimum atomic E-state index is -0.352. The number of rotatable bonds is 6. The number of amides is 2. The summed E-state index contributed by atoms with van der Waals surface area (Å²) in [6.45, 7) is 4.65. The van der Waals surface area contributed by atoms with E-state index in [1.165, 1.54) is 0 Å². The molecular formula is C21H26N6O3. The molecule has 1 aliphatic rings. The zero-order chi connectivity index (χ0) is 20.9. The highest BCUT2D eigenvalue weighted by Crippen LogP contribution is 2.26. The lowest BCUT2D eigenvalue weighted by atomic mass is 10.1. The molecule has 3 aromatic rings. The first-order valence-corrected chi connectivity index (χ1v) is 9.96. The molecule has 0 aliphatic carbocycles. The lowest BCUT2D eigenvalue weighted by Gasteiger charge is -2.31. The van der Waals surface area contributed by atoms with Crippen LogP contribution in [0.25, 0.3) is 10.9 Å². The predicted molar refractivity (Wildman–Crippen MR) is 115 cm³/mol. The number of fused-ring (bicyclic) bond motifs is 1. The fourth-order valence-corrected chi connectivity index (χ4v) is 3.60. The summed E-state index contributed by atoms with van der Waals surface area (Å²) in [5, 5.41) is 14.1. The molecule has 0 spiro atoms. The van der Waals surface area contributed by atoms with Crippen molar-refractivity contribution < 1.29 is 14.3 Å². The van der Waals surface area contributed by atoms with Crippen molar-refractivity contribution in [3.8, 4) is 0 Å². The number of carbonyl (C=O) groups is 1. The molecular weight excluding hydrogens is 384 g/mol. The first kappa shape index (κ1) is 20.1. The second-order valence-electron chi connectivity index (χ2n) is 7.31. The smallest absolute Gasteiger partial charge is 0.320 e. The van der Waals surface area contributed by atoms with Crippen molar-refractivity contribution in [1.29, 1.82) is 0 Å². The van der Waals surface area contributed by atoms with E-state index in [1.54, 1.807) is 19.4 Å². The van der Waals surface area contributed by atoms with E-state index in [9.17, 15) is 4.79 Å². The minimum absolute atomic E-state index is 0.160. The molecule has 1 aliphatic heterocycles. The van der Waals surface area contributed by atoms with E-state index in [2.05, 4.69) is 30.7 Å². The van der Waals surface area contributed by atoms with Gasteiger partial charge in [0.05, 0.1) is 36.3 Å². The summed E-state index contributed by atoms with van der Waals surface area (Å²) >= 11 is 0. The van der Waals surface area contributed by atoms with Crippen LogP contribution in [0.1, 0.15) is 18.5 Å². The molecule has 2 atom stereocenters. The fraction of sp³-hybridized carbons (Fsp3) is 0.381. The standard InChI is InChI=1S/C21H26N6O3/c1-14-12-27(8-9-30-14)20-16-11-22-19(10-17(16)25-26-20)24-21(28)23-18(13-29-2)15-6-4-3-5-7-15/h3-7,10-11,14,18H,8-9,12-13H2,1-2H3,(H,25,26)(H2,22,23,24,28). The van der Waals surface area contributed by atoms with Gasteiger partial charge in [-0.25, -0.2) is 9.78 Å². The minimum Gasteiger partial charge on any atom is -0.382 e. The predicted octanol–water partition coefficient (Wildman–Crippen LogP) is 2.69. The van der Waals surface area contributed by atoms with Crippen molar-refractivity contribution in [2.75, 3.05) is 43.6 Å². The molecule has 0 saturated carbocycles. The first-order valence-electron chi connectivity index (χ1n) is 9.96. The van der Waals surface area contributed by atoms with Gasteiger partial charge in [0.15, 0.2) is 5.82 Å². The van der Waals surface area contributed by atoms with E-state index in [4.69, 9.17) is 9.47 Å². The van der Waals surface area contributed by atoms with Gasteiger partial charge in [-0.2, -0.15) is 5.10 Å². The van der Waals surface area contributed by atoms with E-state index in [0.717, 1.165) is 35.4 Å². The van der Waals surface area contributed by atoms with Crippen molar-refractivity contribution in [2.45, 2.75) is 19.1 Å². The molecule has 2 aromatic heterocycles. The maximum atomic E-state index is 12.5. The number of carbonyl (C=O) groups excluding carboxylic acids is 1. The maximum Gasteiger partial charge on any atom is 0.320 e. The third-order valence-electron chi connectivity index (χ3n) is 5.05. The lowest BCUT2D eigenvalue weighted by Crippen LogP contribution is -2.41. The summed E-state index contributed by atoms with van der Waals surface area (Å²) in [4.78, 5) is 19.1. The molecule has 3 N–H and O–H groups in total. The maximum absolute atomic E-state index is 12.5. The van der Waals surface area contributed by atoms with Crippen molar-refractivity contribution in [1.82, 2.24) is 20.5 Å². The first-order chi connectivity index (χ1) is 14.6. The van der Waals surface area contributed by atoms with Gasteiger partial charge in [-0.1, -0.05) is 30.3 Å². The third-order valence-corrected chi connectivity index (χ3v) is 5.05. The molecule has 158 valence electrons.